The van der Waals surface area contributed by atoms with Gasteiger partial charge in [0.15, 0.2) is 0 Å². The van der Waals surface area contributed by atoms with Crippen molar-refractivity contribution in [2.75, 3.05) is 19.4 Å². The fourth-order valence-corrected chi connectivity index (χ4v) is 3.67. The number of hydrogen-bond donors (Lipinski definition) is 2. The zero-order valence-corrected chi connectivity index (χ0v) is 16.9. The molecule has 0 heterocycles. The maximum absolute atomic E-state index is 12.2. The van der Waals surface area contributed by atoms with Gasteiger partial charge in [0.25, 0.3) is 0 Å². The Hall–Kier alpha value is -3.23. The van der Waals surface area contributed by atoms with Crippen molar-refractivity contribution < 1.29 is 18.0 Å². The third kappa shape index (κ3) is 4.61. The van der Waals surface area contributed by atoms with Crippen molar-refractivity contribution in [3.63, 3.8) is 0 Å². The van der Waals surface area contributed by atoms with E-state index in [0.717, 1.165) is 15.1 Å². The van der Waals surface area contributed by atoms with Crippen molar-refractivity contribution in [1.29, 1.82) is 0 Å². The van der Waals surface area contributed by atoms with Crippen LogP contribution in [0.25, 0.3) is 10.8 Å². The van der Waals surface area contributed by atoms with E-state index in [0.29, 0.717) is 11.3 Å². The molecule has 0 aromatic heterocycles. The SMILES string of the molecule is CN(C)S(=O)(=O)c1ccc(CNC(=O)C(=O)Nc2cccc3ccccc23)cc1. The second-order valence-corrected chi connectivity index (χ2v) is 8.75. The molecule has 0 saturated carbocycles. The summed E-state index contributed by atoms with van der Waals surface area (Å²) in [5.41, 5.74) is 1.23. The van der Waals surface area contributed by atoms with E-state index in [-0.39, 0.29) is 11.4 Å². The largest absolute Gasteiger partial charge is 0.344 e. The number of carbonyl (C=O) groups is 2. The van der Waals surface area contributed by atoms with Gasteiger partial charge in [-0.1, -0.05) is 48.5 Å². The predicted molar refractivity (Wildman–Crippen MR) is 112 cm³/mol. The average molecular weight is 411 g/mol. The molecule has 0 radical (unpaired) electrons. The highest BCUT2D eigenvalue weighted by Crippen LogP contribution is 2.22. The highest BCUT2D eigenvalue weighted by molar-refractivity contribution is 7.89. The molecule has 7 nitrogen and oxygen atoms in total. The van der Waals surface area contributed by atoms with E-state index < -0.39 is 21.8 Å². The van der Waals surface area contributed by atoms with Crippen LogP contribution < -0.4 is 10.6 Å². The van der Waals surface area contributed by atoms with Crippen molar-refractivity contribution in [1.82, 2.24) is 9.62 Å². The Morgan fingerprint density at radius 3 is 2.21 bits per heavy atom. The molecule has 0 aliphatic carbocycles. The van der Waals surface area contributed by atoms with Gasteiger partial charge >= 0.3 is 11.8 Å². The number of benzene rings is 3. The lowest BCUT2D eigenvalue weighted by Crippen LogP contribution is -2.35. The summed E-state index contributed by atoms with van der Waals surface area (Å²) >= 11 is 0. The van der Waals surface area contributed by atoms with Gasteiger partial charge in [0.05, 0.1) is 4.90 Å². The van der Waals surface area contributed by atoms with Gasteiger partial charge in [0.1, 0.15) is 0 Å². The van der Waals surface area contributed by atoms with Crippen molar-refractivity contribution in [3.8, 4) is 0 Å². The number of fused-ring (bicyclic) bond motifs is 1. The van der Waals surface area contributed by atoms with Crippen LogP contribution >= 0.6 is 0 Å². The minimum Gasteiger partial charge on any atom is -0.344 e. The first-order chi connectivity index (χ1) is 13.8. The summed E-state index contributed by atoms with van der Waals surface area (Å²) < 4.78 is 25.3. The van der Waals surface area contributed by atoms with Crippen LogP contribution in [0.1, 0.15) is 5.56 Å². The lowest BCUT2D eigenvalue weighted by atomic mass is 10.1. The van der Waals surface area contributed by atoms with Crippen LogP contribution in [0, 0.1) is 0 Å². The second-order valence-electron chi connectivity index (χ2n) is 6.59. The number of rotatable bonds is 5. The summed E-state index contributed by atoms with van der Waals surface area (Å²) in [5, 5.41) is 6.96. The molecule has 3 aromatic carbocycles. The zero-order chi connectivity index (χ0) is 21.0. The van der Waals surface area contributed by atoms with Gasteiger partial charge in [0, 0.05) is 31.7 Å². The molecule has 150 valence electrons. The first-order valence-electron chi connectivity index (χ1n) is 8.87. The molecule has 0 aliphatic rings. The molecule has 3 rings (SSSR count). The third-order valence-corrected chi connectivity index (χ3v) is 6.23. The van der Waals surface area contributed by atoms with Gasteiger partial charge in [-0.3, -0.25) is 9.59 Å². The Kier molecular flexibility index (Phi) is 5.95. The summed E-state index contributed by atoms with van der Waals surface area (Å²) in [4.78, 5) is 24.5. The number of nitrogens with zero attached hydrogens (tertiary/aromatic N) is 1. The van der Waals surface area contributed by atoms with Gasteiger partial charge in [-0.2, -0.15) is 0 Å². The van der Waals surface area contributed by atoms with Crippen LogP contribution in [0.2, 0.25) is 0 Å². The van der Waals surface area contributed by atoms with Gasteiger partial charge in [0.2, 0.25) is 10.0 Å². The Balaban J connectivity index is 1.62. The molecule has 0 atom stereocenters. The quantitative estimate of drug-likeness (QED) is 0.630. The first-order valence-corrected chi connectivity index (χ1v) is 10.3. The Labute approximate surface area is 169 Å². The minimum absolute atomic E-state index is 0.101. The maximum Gasteiger partial charge on any atom is 0.313 e. The number of amides is 2. The second kappa shape index (κ2) is 8.42. The van der Waals surface area contributed by atoms with Gasteiger partial charge in [-0.15, -0.1) is 0 Å². The zero-order valence-electron chi connectivity index (χ0n) is 16.0. The smallest absolute Gasteiger partial charge is 0.313 e. The summed E-state index contributed by atoms with van der Waals surface area (Å²) in [7, 11) is -0.596. The van der Waals surface area contributed by atoms with E-state index in [4.69, 9.17) is 0 Å². The van der Waals surface area contributed by atoms with E-state index >= 15 is 0 Å². The van der Waals surface area contributed by atoms with E-state index in [1.807, 2.05) is 30.3 Å². The third-order valence-electron chi connectivity index (χ3n) is 4.40. The monoisotopic (exact) mass is 411 g/mol. The molecule has 0 unspecified atom stereocenters. The minimum atomic E-state index is -3.51. The number of sulfonamides is 1. The molecule has 8 heteroatoms. The Morgan fingerprint density at radius 1 is 0.862 bits per heavy atom. The fraction of sp³-hybridized carbons (Fsp3) is 0.143. The molecule has 0 saturated heterocycles. The number of hydrogen-bond acceptors (Lipinski definition) is 4. The van der Waals surface area contributed by atoms with Crippen LogP contribution in [-0.4, -0.2) is 38.6 Å². The number of carbonyl (C=O) groups excluding carboxylic acids is 2. The molecule has 2 amide bonds. The Bertz CT molecular complexity index is 1150. The average Bonchev–Trinajstić information content (AvgIpc) is 2.72. The van der Waals surface area contributed by atoms with Crippen molar-refractivity contribution in [3.05, 3.63) is 72.3 Å². The Morgan fingerprint density at radius 2 is 1.52 bits per heavy atom. The predicted octanol–water partition coefficient (Wildman–Crippen LogP) is 2.34. The molecule has 2 N–H and O–H groups in total. The summed E-state index contributed by atoms with van der Waals surface area (Å²) in [5.74, 6) is -1.55. The highest BCUT2D eigenvalue weighted by Gasteiger charge is 2.17. The molecular weight excluding hydrogens is 390 g/mol. The molecule has 29 heavy (non-hydrogen) atoms. The van der Waals surface area contributed by atoms with E-state index in [2.05, 4.69) is 10.6 Å². The molecule has 0 aliphatic heterocycles. The first kappa shape index (κ1) is 20.5. The molecule has 3 aromatic rings. The lowest BCUT2D eigenvalue weighted by molar-refractivity contribution is -0.136. The van der Waals surface area contributed by atoms with E-state index in [1.54, 1.807) is 24.3 Å². The number of anilines is 1. The molecule has 0 spiro atoms. The topological polar surface area (TPSA) is 95.6 Å². The fourth-order valence-electron chi connectivity index (χ4n) is 2.77. The lowest BCUT2D eigenvalue weighted by Gasteiger charge is -2.12. The molecular formula is C21H21N3O4S. The highest BCUT2D eigenvalue weighted by atomic mass is 32.2. The van der Waals surface area contributed by atoms with Crippen molar-refractivity contribution >= 4 is 38.3 Å². The van der Waals surface area contributed by atoms with Crippen molar-refractivity contribution in [2.24, 2.45) is 0 Å². The van der Waals surface area contributed by atoms with Crippen LogP contribution in [0.15, 0.2) is 71.6 Å². The summed E-state index contributed by atoms with van der Waals surface area (Å²) in [6.07, 6.45) is 0. The van der Waals surface area contributed by atoms with Gasteiger partial charge < -0.3 is 10.6 Å². The van der Waals surface area contributed by atoms with Gasteiger partial charge in [-0.25, -0.2) is 12.7 Å². The summed E-state index contributed by atoms with van der Waals surface area (Å²) in [6, 6.07) is 19.1. The van der Waals surface area contributed by atoms with Crippen LogP contribution in [0.3, 0.4) is 0 Å². The normalized spacial score (nSPS) is 11.4. The molecule has 0 bridgehead atoms. The van der Waals surface area contributed by atoms with Crippen LogP contribution in [0.5, 0.6) is 0 Å². The number of nitrogens with one attached hydrogen (secondary N) is 2. The molecule has 0 fully saturated rings. The van der Waals surface area contributed by atoms with Gasteiger partial charge in [-0.05, 0) is 29.1 Å². The van der Waals surface area contributed by atoms with Crippen LogP contribution in [-0.2, 0) is 26.2 Å². The van der Waals surface area contributed by atoms with E-state index in [9.17, 15) is 18.0 Å². The van der Waals surface area contributed by atoms with Crippen molar-refractivity contribution in [2.45, 2.75) is 11.4 Å². The standard InChI is InChI=1S/C21H21N3O4S/c1-24(2)29(27,28)17-12-10-15(11-13-17)14-22-20(25)21(26)23-19-9-5-7-16-6-3-4-8-18(16)19/h3-13H,14H2,1-2H3,(H,22,25)(H,23,26). The van der Waals surface area contributed by atoms with Crippen LogP contribution in [0.4, 0.5) is 5.69 Å². The maximum atomic E-state index is 12.2. The van der Waals surface area contributed by atoms with E-state index in [1.165, 1.54) is 26.2 Å². The summed E-state index contributed by atoms with van der Waals surface area (Å²) in [6.45, 7) is 0.101.